The van der Waals surface area contributed by atoms with Gasteiger partial charge in [0.25, 0.3) is 5.91 Å². The second kappa shape index (κ2) is 7.37. The zero-order valence-electron chi connectivity index (χ0n) is 16.1. The van der Waals surface area contributed by atoms with Gasteiger partial charge in [0, 0.05) is 49.0 Å². The number of nitrogens with zero attached hydrogens (tertiary/aromatic N) is 2. The summed E-state index contributed by atoms with van der Waals surface area (Å²) < 4.78 is 5.38. The van der Waals surface area contributed by atoms with E-state index < -0.39 is 0 Å². The molecule has 0 unspecified atom stereocenters. The number of hydrogen-bond acceptors (Lipinski definition) is 3. The summed E-state index contributed by atoms with van der Waals surface area (Å²) in [6, 6.07) is 7.53. The van der Waals surface area contributed by atoms with E-state index >= 15 is 0 Å². The molecule has 27 heavy (non-hydrogen) atoms. The zero-order valence-corrected chi connectivity index (χ0v) is 16.1. The van der Waals surface area contributed by atoms with E-state index in [-0.39, 0.29) is 17.2 Å². The average molecular weight is 368 g/mol. The molecule has 1 aromatic heterocycles. The molecular weight excluding hydrogens is 340 g/mol. The number of rotatable bonds is 4. The van der Waals surface area contributed by atoms with Gasteiger partial charge in [-0.2, -0.15) is 0 Å². The van der Waals surface area contributed by atoms with Gasteiger partial charge in [-0.3, -0.25) is 9.59 Å². The van der Waals surface area contributed by atoms with Crippen molar-refractivity contribution < 1.29 is 14.0 Å². The Hall–Kier alpha value is -2.30. The van der Waals surface area contributed by atoms with Crippen LogP contribution in [-0.4, -0.2) is 47.8 Å². The lowest BCUT2D eigenvalue weighted by atomic mass is 9.73. The summed E-state index contributed by atoms with van der Waals surface area (Å²) in [4.78, 5) is 29.5. The van der Waals surface area contributed by atoms with Gasteiger partial charge in [0.1, 0.15) is 5.58 Å². The zero-order chi connectivity index (χ0) is 18.9. The molecule has 0 aliphatic carbocycles. The number of amides is 2. The molecule has 2 aromatic rings. The number of hydrogen-bond donors (Lipinski definition) is 0. The lowest BCUT2D eigenvalue weighted by Crippen LogP contribution is -2.55. The molecule has 2 amide bonds. The van der Waals surface area contributed by atoms with E-state index in [1.54, 1.807) is 6.26 Å². The molecule has 0 N–H and O–H groups in total. The van der Waals surface area contributed by atoms with Crippen molar-refractivity contribution in [2.45, 2.75) is 45.4 Å². The fraction of sp³-hybridized carbons (Fsp3) is 0.545. The van der Waals surface area contributed by atoms with Crippen LogP contribution in [0.15, 0.2) is 34.9 Å². The number of fused-ring (bicyclic) bond motifs is 1. The highest BCUT2D eigenvalue weighted by molar-refractivity contribution is 5.97. The number of carbonyl (C=O) groups is 2. The molecule has 1 atom stereocenters. The summed E-state index contributed by atoms with van der Waals surface area (Å²) in [6.45, 7) is 5.36. The van der Waals surface area contributed by atoms with Crippen molar-refractivity contribution in [2.75, 3.05) is 26.2 Å². The third-order valence-corrected chi connectivity index (χ3v) is 6.18. The molecule has 4 rings (SSSR count). The Labute approximate surface area is 160 Å². The van der Waals surface area contributed by atoms with Gasteiger partial charge in [0.2, 0.25) is 5.91 Å². The molecule has 2 aliphatic rings. The average Bonchev–Trinajstić information content (AvgIpc) is 3.16. The van der Waals surface area contributed by atoms with Crippen LogP contribution < -0.4 is 0 Å². The number of unbranched alkanes of at least 4 members (excludes halogenated alkanes) is 1. The van der Waals surface area contributed by atoms with Gasteiger partial charge in [-0.25, -0.2) is 0 Å². The van der Waals surface area contributed by atoms with Crippen LogP contribution >= 0.6 is 0 Å². The van der Waals surface area contributed by atoms with Gasteiger partial charge in [-0.05, 0) is 49.9 Å². The van der Waals surface area contributed by atoms with Crippen LogP contribution in [0.3, 0.4) is 0 Å². The molecule has 1 aromatic carbocycles. The lowest BCUT2D eigenvalue weighted by Gasteiger charge is -2.48. The minimum atomic E-state index is 0.0648. The molecular formula is C22H28N2O3. The molecule has 0 bridgehead atoms. The summed E-state index contributed by atoms with van der Waals surface area (Å²) in [5, 5.41) is 0.960. The molecule has 0 radical (unpaired) electrons. The first-order chi connectivity index (χ1) is 13.1. The Morgan fingerprint density at radius 3 is 2.96 bits per heavy atom. The van der Waals surface area contributed by atoms with E-state index in [0.29, 0.717) is 6.42 Å². The minimum absolute atomic E-state index is 0.0648. The van der Waals surface area contributed by atoms with E-state index in [4.69, 9.17) is 4.42 Å². The third-order valence-electron chi connectivity index (χ3n) is 6.18. The van der Waals surface area contributed by atoms with Crippen LogP contribution in [0.4, 0.5) is 0 Å². The number of benzene rings is 1. The molecule has 3 heterocycles. The largest absolute Gasteiger partial charge is 0.464 e. The van der Waals surface area contributed by atoms with Crippen molar-refractivity contribution >= 4 is 22.8 Å². The fourth-order valence-corrected chi connectivity index (χ4v) is 4.65. The molecule has 5 heteroatoms. The van der Waals surface area contributed by atoms with Crippen molar-refractivity contribution in [3.63, 3.8) is 0 Å². The second-order valence-corrected chi connectivity index (χ2v) is 8.17. The molecule has 5 nitrogen and oxygen atoms in total. The first-order valence-corrected chi connectivity index (χ1v) is 10.1. The fourth-order valence-electron chi connectivity index (χ4n) is 4.65. The summed E-state index contributed by atoms with van der Waals surface area (Å²) >= 11 is 0. The smallest absolute Gasteiger partial charge is 0.253 e. The van der Waals surface area contributed by atoms with Crippen molar-refractivity contribution in [3.05, 3.63) is 36.1 Å². The molecule has 2 aliphatic heterocycles. The number of carbonyl (C=O) groups excluding carboxylic acids is 2. The van der Waals surface area contributed by atoms with Gasteiger partial charge >= 0.3 is 0 Å². The second-order valence-electron chi connectivity index (χ2n) is 8.17. The minimum Gasteiger partial charge on any atom is -0.464 e. The molecule has 2 fully saturated rings. The summed E-state index contributed by atoms with van der Waals surface area (Å²) in [5.74, 6) is 0.372. The monoisotopic (exact) mass is 368 g/mol. The maximum absolute atomic E-state index is 13.1. The van der Waals surface area contributed by atoms with Gasteiger partial charge in [0.05, 0.1) is 6.26 Å². The predicted molar refractivity (Wildman–Crippen MR) is 105 cm³/mol. The highest BCUT2D eigenvalue weighted by Gasteiger charge is 2.42. The third kappa shape index (κ3) is 3.60. The van der Waals surface area contributed by atoms with Gasteiger partial charge in [-0.1, -0.05) is 13.3 Å². The van der Waals surface area contributed by atoms with E-state index in [9.17, 15) is 9.59 Å². The lowest BCUT2D eigenvalue weighted by molar-refractivity contribution is -0.139. The van der Waals surface area contributed by atoms with E-state index in [0.717, 1.165) is 74.8 Å². The SMILES string of the molecule is CCCCN1C[C@@]2(CCCN(C(=O)c3ccc4occc4c3)C2)CCC1=O. The topological polar surface area (TPSA) is 53.8 Å². The Balaban J connectivity index is 1.49. The van der Waals surface area contributed by atoms with Gasteiger partial charge in [0.15, 0.2) is 0 Å². The van der Waals surface area contributed by atoms with Crippen molar-refractivity contribution in [2.24, 2.45) is 5.41 Å². The van der Waals surface area contributed by atoms with Crippen molar-refractivity contribution in [3.8, 4) is 0 Å². The number of furan rings is 1. The number of likely N-dealkylation sites (tertiary alicyclic amines) is 2. The normalized spacial score (nSPS) is 23.4. The van der Waals surface area contributed by atoms with E-state index in [1.807, 2.05) is 34.1 Å². The summed E-state index contributed by atoms with van der Waals surface area (Å²) in [7, 11) is 0. The van der Waals surface area contributed by atoms with Crippen LogP contribution in [0.1, 0.15) is 55.8 Å². The Kier molecular flexibility index (Phi) is 4.94. The molecule has 2 saturated heterocycles. The standard InChI is InChI=1S/C22H28N2O3/c1-2-3-11-23-15-22(10-7-20(23)25)9-4-12-24(16-22)21(26)18-5-6-19-17(14-18)8-13-27-19/h5-6,8,13-14H,2-4,7,9-12,15-16H2,1H3/t22-/m1/s1. The predicted octanol–water partition coefficient (Wildman–Crippen LogP) is 4.08. The summed E-state index contributed by atoms with van der Waals surface area (Å²) in [6.07, 6.45) is 7.43. The Bertz CT molecular complexity index is 843. The van der Waals surface area contributed by atoms with Gasteiger partial charge in [-0.15, -0.1) is 0 Å². The summed E-state index contributed by atoms with van der Waals surface area (Å²) in [5.41, 5.74) is 1.59. The Morgan fingerprint density at radius 2 is 2.11 bits per heavy atom. The maximum Gasteiger partial charge on any atom is 0.253 e. The maximum atomic E-state index is 13.1. The van der Waals surface area contributed by atoms with Crippen molar-refractivity contribution in [1.29, 1.82) is 0 Å². The number of piperidine rings is 2. The quantitative estimate of drug-likeness (QED) is 0.817. The van der Waals surface area contributed by atoms with Crippen LogP contribution in [0.5, 0.6) is 0 Å². The first-order valence-electron chi connectivity index (χ1n) is 10.1. The van der Waals surface area contributed by atoms with Crippen LogP contribution in [0, 0.1) is 5.41 Å². The van der Waals surface area contributed by atoms with Gasteiger partial charge < -0.3 is 14.2 Å². The van der Waals surface area contributed by atoms with E-state index in [2.05, 4.69) is 6.92 Å². The highest BCUT2D eigenvalue weighted by atomic mass is 16.3. The molecule has 1 spiro atoms. The Morgan fingerprint density at radius 1 is 1.22 bits per heavy atom. The van der Waals surface area contributed by atoms with Crippen LogP contribution in [0.2, 0.25) is 0 Å². The van der Waals surface area contributed by atoms with Crippen molar-refractivity contribution in [1.82, 2.24) is 9.80 Å². The first kappa shape index (κ1) is 18.1. The van der Waals surface area contributed by atoms with Crippen LogP contribution in [-0.2, 0) is 4.79 Å². The highest BCUT2D eigenvalue weighted by Crippen LogP contribution is 2.39. The van der Waals surface area contributed by atoms with E-state index in [1.165, 1.54) is 0 Å². The molecule has 0 saturated carbocycles. The molecule has 144 valence electrons. The van der Waals surface area contributed by atoms with Crippen LogP contribution in [0.25, 0.3) is 11.0 Å².